The Morgan fingerprint density at radius 2 is 1.67 bits per heavy atom. The molecule has 0 aliphatic heterocycles. The van der Waals surface area contributed by atoms with Gasteiger partial charge in [0.1, 0.15) is 0 Å². The SMILES string of the molecule is COC(=O)c1ccc(-c2c(NCc3ccccc3)oc3c2c(=O)n(C)c2ccccc32)cc1. The number of carbonyl (C=O) groups is 1. The van der Waals surface area contributed by atoms with E-state index in [4.69, 9.17) is 9.15 Å². The van der Waals surface area contributed by atoms with Crippen molar-refractivity contribution in [2.24, 2.45) is 7.05 Å². The Labute approximate surface area is 190 Å². The highest BCUT2D eigenvalue weighted by molar-refractivity contribution is 6.10. The number of aryl methyl sites for hydroxylation is 1. The van der Waals surface area contributed by atoms with Gasteiger partial charge in [-0.1, -0.05) is 54.6 Å². The second kappa shape index (κ2) is 8.31. The zero-order chi connectivity index (χ0) is 22.9. The molecular weight excluding hydrogens is 416 g/mol. The Bertz CT molecular complexity index is 1530. The summed E-state index contributed by atoms with van der Waals surface area (Å²) in [5.41, 5.74) is 4.15. The third-order valence-corrected chi connectivity index (χ3v) is 5.83. The number of ether oxygens (including phenoxy) is 1. The number of nitrogens with zero attached hydrogens (tertiary/aromatic N) is 1. The van der Waals surface area contributed by atoms with E-state index in [1.165, 1.54) is 7.11 Å². The highest BCUT2D eigenvalue weighted by Gasteiger charge is 2.22. The minimum absolute atomic E-state index is 0.146. The standard InChI is InChI=1S/C27H22N2O4/c1-29-21-11-7-6-10-20(21)24-23(26(29)30)22(18-12-14-19(15-13-18)27(31)32-2)25(33-24)28-16-17-8-4-3-5-9-17/h3-15,28H,16H2,1-2H3. The second-order valence-corrected chi connectivity index (χ2v) is 7.80. The number of anilines is 1. The van der Waals surface area contributed by atoms with Crippen LogP contribution in [-0.4, -0.2) is 17.6 Å². The van der Waals surface area contributed by atoms with Crippen LogP contribution in [0.5, 0.6) is 0 Å². The number of para-hydroxylation sites is 1. The van der Waals surface area contributed by atoms with Gasteiger partial charge in [-0.25, -0.2) is 4.79 Å². The van der Waals surface area contributed by atoms with Gasteiger partial charge in [0.15, 0.2) is 5.58 Å². The molecule has 0 aliphatic carbocycles. The van der Waals surface area contributed by atoms with E-state index in [9.17, 15) is 9.59 Å². The van der Waals surface area contributed by atoms with Crippen molar-refractivity contribution < 1.29 is 13.9 Å². The normalized spacial score (nSPS) is 11.1. The number of aromatic nitrogens is 1. The predicted molar refractivity (Wildman–Crippen MR) is 130 cm³/mol. The average Bonchev–Trinajstić information content (AvgIpc) is 3.26. The summed E-state index contributed by atoms with van der Waals surface area (Å²) in [6.45, 7) is 0.534. The average molecular weight is 438 g/mol. The summed E-state index contributed by atoms with van der Waals surface area (Å²) < 4.78 is 12.8. The summed E-state index contributed by atoms with van der Waals surface area (Å²) in [5.74, 6) is 0.0936. The van der Waals surface area contributed by atoms with Gasteiger partial charge < -0.3 is 19.0 Å². The van der Waals surface area contributed by atoms with Crippen molar-refractivity contribution in [2.75, 3.05) is 12.4 Å². The quantitative estimate of drug-likeness (QED) is 0.375. The first-order valence-corrected chi connectivity index (χ1v) is 10.6. The number of esters is 1. The van der Waals surface area contributed by atoms with Gasteiger partial charge in [-0.15, -0.1) is 0 Å². The number of furan rings is 1. The molecule has 2 aromatic heterocycles. The molecule has 0 bridgehead atoms. The monoisotopic (exact) mass is 438 g/mol. The van der Waals surface area contributed by atoms with Crippen molar-refractivity contribution in [1.29, 1.82) is 0 Å². The van der Waals surface area contributed by atoms with Gasteiger partial charge >= 0.3 is 5.97 Å². The maximum atomic E-state index is 13.4. The number of rotatable bonds is 5. The predicted octanol–water partition coefficient (Wildman–Crippen LogP) is 5.35. The third kappa shape index (κ3) is 3.55. The molecule has 6 heteroatoms. The number of hydrogen-bond acceptors (Lipinski definition) is 5. The number of nitrogens with one attached hydrogen (secondary N) is 1. The Morgan fingerprint density at radius 3 is 2.39 bits per heavy atom. The molecule has 0 unspecified atom stereocenters. The van der Waals surface area contributed by atoms with E-state index in [2.05, 4.69) is 5.32 Å². The fourth-order valence-corrected chi connectivity index (χ4v) is 4.13. The van der Waals surface area contributed by atoms with Gasteiger partial charge in [0, 0.05) is 19.0 Å². The summed E-state index contributed by atoms with van der Waals surface area (Å²) in [6.07, 6.45) is 0. The lowest BCUT2D eigenvalue weighted by Crippen LogP contribution is -2.17. The summed E-state index contributed by atoms with van der Waals surface area (Å²) in [6, 6.07) is 24.6. The van der Waals surface area contributed by atoms with Crippen LogP contribution in [0.3, 0.4) is 0 Å². The molecular formula is C27H22N2O4. The fraction of sp³-hybridized carbons (Fsp3) is 0.111. The molecule has 2 heterocycles. The summed E-state index contributed by atoms with van der Waals surface area (Å²) in [5, 5.41) is 4.73. The molecule has 0 aliphatic rings. The summed E-state index contributed by atoms with van der Waals surface area (Å²) in [4.78, 5) is 25.3. The zero-order valence-corrected chi connectivity index (χ0v) is 18.3. The molecule has 0 amide bonds. The molecule has 0 radical (unpaired) electrons. The van der Waals surface area contributed by atoms with Crippen molar-refractivity contribution in [3.05, 3.63) is 100 Å². The van der Waals surface area contributed by atoms with Crippen molar-refractivity contribution in [3.63, 3.8) is 0 Å². The van der Waals surface area contributed by atoms with E-state index in [1.54, 1.807) is 35.9 Å². The largest absolute Gasteiger partial charge is 0.465 e. The van der Waals surface area contributed by atoms with Crippen molar-refractivity contribution >= 4 is 33.7 Å². The minimum Gasteiger partial charge on any atom is -0.465 e. The van der Waals surface area contributed by atoms with Gasteiger partial charge in [0.05, 0.1) is 29.1 Å². The topological polar surface area (TPSA) is 73.5 Å². The molecule has 5 rings (SSSR count). The first kappa shape index (κ1) is 20.6. The molecule has 6 nitrogen and oxygen atoms in total. The van der Waals surface area contributed by atoms with Crippen LogP contribution in [0, 0.1) is 0 Å². The Hall–Kier alpha value is -4.32. The van der Waals surface area contributed by atoms with E-state index in [-0.39, 0.29) is 5.56 Å². The number of carbonyl (C=O) groups excluding carboxylic acids is 1. The lowest BCUT2D eigenvalue weighted by atomic mass is 10.0. The molecule has 0 saturated carbocycles. The first-order valence-electron chi connectivity index (χ1n) is 10.6. The number of benzene rings is 3. The van der Waals surface area contributed by atoms with E-state index < -0.39 is 5.97 Å². The van der Waals surface area contributed by atoms with Crippen LogP contribution < -0.4 is 10.9 Å². The van der Waals surface area contributed by atoms with Crippen molar-refractivity contribution in [2.45, 2.75) is 6.54 Å². The van der Waals surface area contributed by atoms with Crippen molar-refractivity contribution in [3.8, 4) is 11.1 Å². The molecule has 3 aromatic carbocycles. The lowest BCUT2D eigenvalue weighted by molar-refractivity contribution is 0.0601. The van der Waals surface area contributed by atoms with Crippen LogP contribution in [0.15, 0.2) is 88.1 Å². The van der Waals surface area contributed by atoms with Crippen LogP contribution in [0.2, 0.25) is 0 Å². The van der Waals surface area contributed by atoms with Gasteiger partial charge in [0.2, 0.25) is 5.88 Å². The number of methoxy groups -OCH3 is 1. The highest BCUT2D eigenvalue weighted by atomic mass is 16.5. The van der Waals surface area contributed by atoms with Crippen LogP contribution in [0.25, 0.3) is 33.0 Å². The Kier molecular flexibility index (Phi) is 5.18. The molecule has 164 valence electrons. The molecule has 5 aromatic rings. The molecule has 0 fully saturated rings. The van der Waals surface area contributed by atoms with Gasteiger partial charge in [-0.3, -0.25) is 4.79 Å². The maximum Gasteiger partial charge on any atom is 0.337 e. The second-order valence-electron chi connectivity index (χ2n) is 7.80. The van der Waals surface area contributed by atoms with Gasteiger partial charge in [-0.05, 0) is 35.4 Å². The van der Waals surface area contributed by atoms with E-state index >= 15 is 0 Å². The minimum atomic E-state index is -0.414. The number of fused-ring (bicyclic) bond motifs is 3. The Balaban J connectivity index is 1.74. The number of pyridine rings is 1. The molecule has 1 N–H and O–H groups in total. The lowest BCUT2D eigenvalue weighted by Gasteiger charge is -2.08. The first-order chi connectivity index (χ1) is 16.1. The van der Waals surface area contributed by atoms with Gasteiger partial charge in [0.25, 0.3) is 5.56 Å². The van der Waals surface area contributed by atoms with E-state index in [1.807, 2.05) is 54.6 Å². The Morgan fingerprint density at radius 1 is 0.970 bits per heavy atom. The van der Waals surface area contributed by atoms with Crippen LogP contribution in [-0.2, 0) is 18.3 Å². The number of hydrogen-bond donors (Lipinski definition) is 1. The van der Waals surface area contributed by atoms with E-state index in [0.717, 1.165) is 22.0 Å². The summed E-state index contributed by atoms with van der Waals surface area (Å²) >= 11 is 0. The molecule has 0 spiro atoms. The molecule has 0 atom stereocenters. The zero-order valence-electron chi connectivity index (χ0n) is 18.3. The van der Waals surface area contributed by atoms with Crippen LogP contribution in [0.4, 0.5) is 5.88 Å². The molecule has 0 saturated heterocycles. The maximum absolute atomic E-state index is 13.4. The highest BCUT2D eigenvalue weighted by Crippen LogP contribution is 2.39. The van der Waals surface area contributed by atoms with E-state index in [0.29, 0.717) is 34.5 Å². The fourth-order valence-electron chi connectivity index (χ4n) is 4.13. The third-order valence-electron chi connectivity index (χ3n) is 5.83. The van der Waals surface area contributed by atoms with Gasteiger partial charge in [-0.2, -0.15) is 0 Å². The molecule has 33 heavy (non-hydrogen) atoms. The van der Waals surface area contributed by atoms with Crippen molar-refractivity contribution in [1.82, 2.24) is 4.57 Å². The smallest absolute Gasteiger partial charge is 0.337 e. The summed E-state index contributed by atoms with van der Waals surface area (Å²) in [7, 11) is 3.11. The van der Waals surface area contributed by atoms with Crippen LogP contribution in [0.1, 0.15) is 15.9 Å². The van der Waals surface area contributed by atoms with Crippen LogP contribution >= 0.6 is 0 Å².